The molecule has 110 valence electrons. The molecule has 1 aliphatic rings. The number of nitrogens with zero attached hydrogens (tertiary/aromatic N) is 1. The molecule has 0 unspecified atom stereocenters. The van der Waals surface area contributed by atoms with E-state index in [1.165, 1.54) is 11.3 Å². The Balaban J connectivity index is 2.17. The van der Waals surface area contributed by atoms with Crippen LogP contribution in [-0.4, -0.2) is 41.5 Å². The fourth-order valence-electron chi connectivity index (χ4n) is 2.52. The van der Waals surface area contributed by atoms with Crippen molar-refractivity contribution in [3.05, 3.63) is 21.9 Å². The smallest absolute Gasteiger partial charge is 0.262 e. The molecule has 1 aromatic heterocycles. The van der Waals surface area contributed by atoms with Gasteiger partial charge in [0.1, 0.15) is 0 Å². The van der Waals surface area contributed by atoms with Gasteiger partial charge < -0.3 is 16.0 Å². The predicted molar refractivity (Wildman–Crippen MR) is 87.4 cm³/mol. The lowest BCUT2D eigenvalue weighted by Gasteiger charge is -2.40. The van der Waals surface area contributed by atoms with E-state index >= 15 is 0 Å². The number of carbonyl (C=O) groups is 1. The number of likely N-dealkylation sites (tertiary alicyclic amines) is 1. The first-order valence-electron chi connectivity index (χ1n) is 6.86. The monoisotopic (exact) mass is 311 g/mol. The molecule has 2 rings (SSSR count). The fourth-order valence-corrected chi connectivity index (χ4v) is 3.67. The zero-order valence-corrected chi connectivity index (χ0v) is 13.6. The van der Waals surface area contributed by atoms with Crippen LogP contribution < -0.4 is 11.1 Å². The topological polar surface area (TPSA) is 58.4 Å². The van der Waals surface area contributed by atoms with Crippen molar-refractivity contribution >= 4 is 34.5 Å². The zero-order chi connectivity index (χ0) is 14.8. The van der Waals surface area contributed by atoms with Gasteiger partial charge in [0.25, 0.3) is 5.91 Å². The zero-order valence-electron chi connectivity index (χ0n) is 11.9. The predicted octanol–water partition coefficient (Wildman–Crippen LogP) is 1.79. The Morgan fingerprint density at radius 3 is 2.75 bits per heavy atom. The van der Waals surface area contributed by atoms with Gasteiger partial charge in [0.2, 0.25) is 0 Å². The van der Waals surface area contributed by atoms with Gasteiger partial charge in [-0.2, -0.15) is 0 Å². The van der Waals surface area contributed by atoms with Crippen molar-refractivity contribution in [2.24, 2.45) is 5.73 Å². The number of nitrogens with two attached hydrogens (primary N) is 1. The molecule has 1 aromatic rings. The van der Waals surface area contributed by atoms with Crippen LogP contribution in [0.4, 0.5) is 0 Å². The molecular formula is C14H21N3OS2. The van der Waals surface area contributed by atoms with Crippen molar-refractivity contribution in [1.82, 2.24) is 10.2 Å². The molecule has 3 N–H and O–H groups in total. The summed E-state index contributed by atoms with van der Waals surface area (Å²) in [7, 11) is 2.07. The van der Waals surface area contributed by atoms with E-state index in [1.54, 1.807) is 0 Å². The van der Waals surface area contributed by atoms with E-state index in [9.17, 15) is 4.79 Å². The third-order valence-corrected chi connectivity index (χ3v) is 5.35. The van der Waals surface area contributed by atoms with Crippen LogP contribution in [0.25, 0.3) is 0 Å². The summed E-state index contributed by atoms with van der Waals surface area (Å²) in [6, 6.07) is 2.00. The van der Waals surface area contributed by atoms with E-state index in [2.05, 4.69) is 24.2 Å². The molecule has 2 heterocycles. The van der Waals surface area contributed by atoms with Gasteiger partial charge in [0.15, 0.2) is 0 Å². The Kier molecular flexibility index (Phi) is 4.78. The summed E-state index contributed by atoms with van der Waals surface area (Å²) < 4.78 is 0. The Bertz CT molecular complexity index is 504. The van der Waals surface area contributed by atoms with Gasteiger partial charge in [-0.15, -0.1) is 11.3 Å². The standard InChI is InChI=1S/C14H21N3OS2/c1-3-10-4-9-20-11(10)12(18)16-14(13(15)19)5-7-17(2)8-6-14/h4,9H,3,5-8H2,1-2H3,(H2,15,19)(H,16,18). The first-order valence-corrected chi connectivity index (χ1v) is 8.14. The number of piperidine rings is 1. The number of hydrogen-bond donors (Lipinski definition) is 2. The largest absolute Gasteiger partial charge is 0.391 e. The van der Waals surface area contributed by atoms with Gasteiger partial charge in [0.05, 0.1) is 15.4 Å². The molecule has 20 heavy (non-hydrogen) atoms. The van der Waals surface area contributed by atoms with Crippen LogP contribution in [0.3, 0.4) is 0 Å². The number of nitrogens with one attached hydrogen (secondary N) is 1. The Morgan fingerprint density at radius 1 is 1.55 bits per heavy atom. The molecule has 0 aromatic carbocycles. The molecule has 1 saturated heterocycles. The molecule has 0 radical (unpaired) electrons. The number of hydrogen-bond acceptors (Lipinski definition) is 4. The number of thiophene rings is 1. The van der Waals surface area contributed by atoms with Gasteiger partial charge >= 0.3 is 0 Å². The van der Waals surface area contributed by atoms with E-state index in [4.69, 9.17) is 18.0 Å². The maximum atomic E-state index is 12.5. The van der Waals surface area contributed by atoms with Gasteiger partial charge in [-0.1, -0.05) is 19.1 Å². The minimum Gasteiger partial charge on any atom is -0.391 e. The summed E-state index contributed by atoms with van der Waals surface area (Å²) in [6.45, 7) is 3.84. The SMILES string of the molecule is CCc1ccsc1C(=O)NC1(C(N)=S)CCN(C)CC1. The third-order valence-electron chi connectivity index (χ3n) is 4.00. The van der Waals surface area contributed by atoms with Crippen LogP contribution in [0.5, 0.6) is 0 Å². The van der Waals surface area contributed by atoms with Crippen LogP contribution in [0.15, 0.2) is 11.4 Å². The van der Waals surface area contributed by atoms with Crippen LogP contribution in [0, 0.1) is 0 Å². The normalized spacial score (nSPS) is 18.7. The average molecular weight is 311 g/mol. The van der Waals surface area contributed by atoms with Gasteiger partial charge in [-0.05, 0) is 43.3 Å². The molecule has 0 atom stereocenters. The van der Waals surface area contributed by atoms with E-state index < -0.39 is 5.54 Å². The van der Waals surface area contributed by atoms with Crippen molar-refractivity contribution in [1.29, 1.82) is 0 Å². The van der Waals surface area contributed by atoms with E-state index in [-0.39, 0.29) is 5.91 Å². The molecule has 1 aliphatic heterocycles. The average Bonchev–Trinajstić information content (AvgIpc) is 2.89. The molecule has 0 aliphatic carbocycles. The maximum absolute atomic E-state index is 12.5. The molecular weight excluding hydrogens is 290 g/mol. The second-order valence-electron chi connectivity index (χ2n) is 5.33. The van der Waals surface area contributed by atoms with Crippen molar-refractivity contribution in [2.75, 3.05) is 20.1 Å². The molecule has 0 saturated carbocycles. The highest BCUT2D eigenvalue weighted by Crippen LogP contribution is 2.24. The Labute approximate surface area is 129 Å². The summed E-state index contributed by atoms with van der Waals surface area (Å²) in [5.41, 5.74) is 6.47. The van der Waals surface area contributed by atoms with E-state index in [0.29, 0.717) is 4.99 Å². The summed E-state index contributed by atoms with van der Waals surface area (Å²) in [5, 5.41) is 5.06. The Hall–Kier alpha value is -0.980. The summed E-state index contributed by atoms with van der Waals surface area (Å²) >= 11 is 6.70. The van der Waals surface area contributed by atoms with Crippen molar-refractivity contribution in [3.63, 3.8) is 0 Å². The highest BCUT2D eigenvalue weighted by atomic mass is 32.1. The number of amides is 1. The van der Waals surface area contributed by atoms with Crippen LogP contribution in [-0.2, 0) is 6.42 Å². The van der Waals surface area contributed by atoms with Crippen LogP contribution in [0.1, 0.15) is 35.0 Å². The molecule has 4 nitrogen and oxygen atoms in total. The number of rotatable bonds is 4. The van der Waals surface area contributed by atoms with E-state index in [1.807, 2.05) is 11.4 Å². The molecule has 6 heteroatoms. The molecule has 1 amide bonds. The highest BCUT2D eigenvalue weighted by Gasteiger charge is 2.38. The number of carbonyl (C=O) groups excluding carboxylic acids is 1. The van der Waals surface area contributed by atoms with E-state index in [0.717, 1.165) is 42.8 Å². The minimum absolute atomic E-state index is 0.0470. The quantitative estimate of drug-likeness (QED) is 0.833. The molecule has 0 spiro atoms. The lowest BCUT2D eigenvalue weighted by molar-refractivity contribution is 0.0893. The lowest BCUT2D eigenvalue weighted by atomic mass is 9.87. The van der Waals surface area contributed by atoms with Crippen molar-refractivity contribution < 1.29 is 4.79 Å². The van der Waals surface area contributed by atoms with Gasteiger partial charge in [-0.3, -0.25) is 4.79 Å². The summed E-state index contributed by atoms with van der Waals surface area (Å²) in [6.07, 6.45) is 2.41. The number of aryl methyl sites for hydroxylation is 1. The first kappa shape index (κ1) is 15.4. The fraction of sp³-hybridized carbons (Fsp3) is 0.571. The van der Waals surface area contributed by atoms with Gasteiger partial charge in [-0.25, -0.2) is 0 Å². The van der Waals surface area contributed by atoms with Gasteiger partial charge in [0, 0.05) is 13.1 Å². The van der Waals surface area contributed by atoms with Crippen molar-refractivity contribution in [3.8, 4) is 0 Å². The van der Waals surface area contributed by atoms with Crippen LogP contribution >= 0.6 is 23.6 Å². The maximum Gasteiger partial charge on any atom is 0.262 e. The molecule has 0 bridgehead atoms. The summed E-state index contributed by atoms with van der Waals surface area (Å²) in [5.74, 6) is -0.0470. The highest BCUT2D eigenvalue weighted by molar-refractivity contribution is 7.80. The minimum atomic E-state index is -0.534. The van der Waals surface area contributed by atoms with Crippen molar-refractivity contribution in [2.45, 2.75) is 31.7 Å². The number of thiocarbonyl (C=S) groups is 1. The second kappa shape index (κ2) is 6.20. The second-order valence-corrected chi connectivity index (χ2v) is 6.69. The first-order chi connectivity index (χ1) is 9.48. The Morgan fingerprint density at radius 2 is 2.20 bits per heavy atom. The lowest BCUT2D eigenvalue weighted by Crippen LogP contribution is -2.61. The summed E-state index contributed by atoms with van der Waals surface area (Å²) in [4.78, 5) is 15.9. The molecule has 1 fully saturated rings. The van der Waals surface area contributed by atoms with Crippen LogP contribution in [0.2, 0.25) is 0 Å². The third kappa shape index (κ3) is 3.02.